The number of likely N-dealkylation sites (tertiary alicyclic amines) is 1. The van der Waals surface area contributed by atoms with Gasteiger partial charge < -0.3 is 25.0 Å². The second-order valence-corrected chi connectivity index (χ2v) is 9.33. The molecule has 11 heteroatoms. The number of pyridine rings is 1. The van der Waals surface area contributed by atoms with Gasteiger partial charge in [-0.15, -0.1) is 0 Å². The van der Waals surface area contributed by atoms with Crippen LogP contribution in [0.15, 0.2) is 36.5 Å². The molecule has 0 spiro atoms. The number of nitrogens with one attached hydrogen (secondary N) is 2. The Hall–Kier alpha value is -3.89. The Morgan fingerprint density at radius 1 is 1.17 bits per heavy atom. The van der Waals surface area contributed by atoms with Crippen LogP contribution in [0.1, 0.15) is 40.0 Å². The number of ether oxygens (including phenoxy) is 2. The van der Waals surface area contributed by atoms with Gasteiger partial charge >= 0.3 is 6.09 Å². The molecule has 0 bridgehead atoms. The van der Waals surface area contributed by atoms with Crippen LogP contribution in [0.5, 0.6) is 11.5 Å². The highest BCUT2D eigenvalue weighted by Gasteiger charge is 2.28. The van der Waals surface area contributed by atoms with Crippen LogP contribution in [-0.4, -0.2) is 52.5 Å². The molecular formula is C24H31N5O6. The number of nitrogens with zero attached hydrogens (tertiary/aromatic N) is 3. The topological polar surface area (TPSA) is 136 Å². The quantitative estimate of drug-likeness (QED) is 0.422. The van der Waals surface area contributed by atoms with Crippen LogP contribution in [0, 0.1) is 16.0 Å². The third-order valence-electron chi connectivity index (χ3n) is 5.41. The summed E-state index contributed by atoms with van der Waals surface area (Å²) in [6.07, 6.45) is 2.90. The molecule has 3 rings (SSSR count). The van der Waals surface area contributed by atoms with Gasteiger partial charge in [-0.2, -0.15) is 0 Å². The lowest BCUT2D eigenvalue weighted by atomic mass is 9.93. The third-order valence-corrected chi connectivity index (χ3v) is 5.41. The summed E-state index contributed by atoms with van der Waals surface area (Å²) < 4.78 is 11.1. The van der Waals surface area contributed by atoms with Crippen molar-refractivity contribution in [3.8, 4) is 11.5 Å². The fraction of sp³-hybridized carbons (Fsp3) is 0.458. The third kappa shape index (κ3) is 7.56. The largest absolute Gasteiger partial charge is 0.457 e. The molecule has 1 saturated heterocycles. The van der Waals surface area contributed by atoms with Crippen molar-refractivity contribution in [3.05, 3.63) is 46.6 Å². The summed E-state index contributed by atoms with van der Waals surface area (Å²) in [7, 11) is 1.60. The van der Waals surface area contributed by atoms with Gasteiger partial charge in [0.15, 0.2) is 0 Å². The zero-order valence-electron chi connectivity index (χ0n) is 20.4. The number of benzene rings is 1. The molecule has 2 heterocycles. The first-order chi connectivity index (χ1) is 16.5. The fourth-order valence-electron chi connectivity index (χ4n) is 3.72. The molecule has 35 heavy (non-hydrogen) atoms. The zero-order chi connectivity index (χ0) is 25.6. The summed E-state index contributed by atoms with van der Waals surface area (Å²) >= 11 is 0. The number of aromatic nitrogens is 1. The highest BCUT2D eigenvalue weighted by molar-refractivity contribution is 5.90. The van der Waals surface area contributed by atoms with Crippen molar-refractivity contribution in [2.45, 2.75) is 45.6 Å². The number of carbonyl (C=O) groups excluding carboxylic acids is 2. The maximum absolute atomic E-state index is 12.6. The Morgan fingerprint density at radius 2 is 1.86 bits per heavy atom. The number of amides is 2. The van der Waals surface area contributed by atoms with Gasteiger partial charge in [0.05, 0.1) is 11.0 Å². The lowest BCUT2D eigenvalue weighted by Gasteiger charge is -2.33. The first-order valence-electron chi connectivity index (χ1n) is 11.4. The van der Waals surface area contributed by atoms with Gasteiger partial charge in [-0.25, -0.2) is 9.78 Å². The van der Waals surface area contributed by atoms with Crippen molar-refractivity contribution in [1.29, 1.82) is 0 Å². The van der Waals surface area contributed by atoms with E-state index in [1.165, 1.54) is 12.3 Å². The van der Waals surface area contributed by atoms with Gasteiger partial charge in [-0.1, -0.05) is 0 Å². The van der Waals surface area contributed by atoms with E-state index in [2.05, 4.69) is 15.6 Å². The Kier molecular flexibility index (Phi) is 8.10. The lowest BCUT2D eigenvalue weighted by Crippen LogP contribution is -2.42. The molecule has 0 saturated carbocycles. The number of nitro benzene ring substituents is 1. The van der Waals surface area contributed by atoms with Gasteiger partial charge in [0.2, 0.25) is 5.91 Å². The van der Waals surface area contributed by atoms with E-state index in [1.54, 1.807) is 36.2 Å². The molecule has 2 N–H and O–H groups in total. The second kappa shape index (κ2) is 11.0. The minimum absolute atomic E-state index is 0.106. The molecule has 1 aliphatic rings. The van der Waals surface area contributed by atoms with E-state index in [4.69, 9.17) is 9.47 Å². The monoisotopic (exact) mass is 485 g/mol. The zero-order valence-corrected chi connectivity index (χ0v) is 20.4. The fourth-order valence-corrected chi connectivity index (χ4v) is 3.72. The number of hydrogen-bond donors (Lipinski definition) is 2. The van der Waals surface area contributed by atoms with E-state index < -0.39 is 10.5 Å². The molecule has 1 aromatic heterocycles. The highest BCUT2D eigenvalue weighted by atomic mass is 16.6. The number of carbonyl (C=O) groups is 2. The molecule has 0 atom stereocenters. The SMILES string of the molecule is CNc1ccc(Oc2ccnc(NC(=O)CC3CCN(C(=O)OC(C)(C)C)CC3)c2)cc1[N+](=O)[O-]. The summed E-state index contributed by atoms with van der Waals surface area (Å²) in [5.41, 5.74) is -0.267. The Labute approximate surface area is 204 Å². The van der Waals surface area contributed by atoms with E-state index in [1.807, 2.05) is 20.8 Å². The number of hydrogen-bond acceptors (Lipinski definition) is 8. The molecule has 0 radical (unpaired) electrons. The van der Waals surface area contributed by atoms with Gasteiger partial charge in [-0.05, 0) is 57.7 Å². The van der Waals surface area contributed by atoms with Crippen molar-refractivity contribution in [2.75, 3.05) is 30.8 Å². The molecule has 1 aliphatic heterocycles. The van der Waals surface area contributed by atoms with Crippen LogP contribution in [-0.2, 0) is 9.53 Å². The van der Waals surface area contributed by atoms with Crippen molar-refractivity contribution < 1.29 is 24.0 Å². The summed E-state index contributed by atoms with van der Waals surface area (Å²) in [5.74, 6) is 0.960. The smallest absolute Gasteiger partial charge is 0.410 e. The molecule has 0 unspecified atom stereocenters. The Balaban J connectivity index is 1.53. The first-order valence-corrected chi connectivity index (χ1v) is 11.4. The molecule has 1 fully saturated rings. The van der Waals surface area contributed by atoms with E-state index in [-0.39, 0.29) is 29.4 Å². The summed E-state index contributed by atoms with van der Waals surface area (Å²) in [4.78, 5) is 41.4. The molecule has 2 amide bonds. The Morgan fingerprint density at radius 3 is 2.49 bits per heavy atom. The number of rotatable bonds is 7. The standard InChI is InChI=1S/C24H31N5O6/c1-24(2,3)35-23(31)28-11-8-16(9-12-28)13-22(30)27-21-15-18(7-10-26-21)34-17-5-6-19(25-4)20(14-17)29(32)33/h5-7,10,14-16,25H,8-9,11-13H2,1-4H3,(H,26,27,30). The molecule has 1 aromatic carbocycles. The van der Waals surface area contributed by atoms with Crippen LogP contribution < -0.4 is 15.4 Å². The average molecular weight is 486 g/mol. The molecule has 0 aliphatic carbocycles. The second-order valence-electron chi connectivity index (χ2n) is 9.33. The molecule has 2 aromatic rings. The van der Waals surface area contributed by atoms with E-state index >= 15 is 0 Å². The van der Waals surface area contributed by atoms with Crippen molar-refractivity contribution in [3.63, 3.8) is 0 Å². The van der Waals surface area contributed by atoms with E-state index in [9.17, 15) is 19.7 Å². The average Bonchev–Trinajstić information content (AvgIpc) is 2.78. The van der Waals surface area contributed by atoms with Gasteiger partial charge in [-0.3, -0.25) is 14.9 Å². The van der Waals surface area contributed by atoms with Crippen LogP contribution in [0.4, 0.5) is 22.0 Å². The predicted molar refractivity (Wildman–Crippen MR) is 131 cm³/mol. The van der Waals surface area contributed by atoms with Crippen molar-refractivity contribution in [2.24, 2.45) is 5.92 Å². The van der Waals surface area contributed by atoms with E-state index in [0.717, 1.165) is 0 Å². The van der Waals surface area contributed by atoms with E-state index in [0.29, 0.717) is 49.6 Å². The van der Waals surface area contributed by atoms with Gasteiger partial charge in [0.25, 0.3) is 5.69 Å². The maximum Gasteiger partial charge on any atom is 0.410 e. The minimum atomic E-state index is -0.538. The maximum atomic E-state index is 12.6. The van der Waals surface area contributed by atoms with Crippen LogP contribution in [0.3, 0.4) is 0 Å². The van der Waals surface area contributed by atoms with Gasteiger partial charge in [0.1, 0.15) is 28.6 Å². The summed E-state index contributed by atoms with van der Waals surface area (Å²) in [5, 5.41) is 16.8. The molecular weight excluding hydrogens is 454 g/mol. The number of nitro groups is 1. The highest BCUT2D eigenvalue weighted by Crippen LogP contribution is 2.32. The van der Waals surface area contributed by atoms with Crippen molar-refractivity contribution in [1.82, 2.24) is 9.88 Å². The minimum Gasteiger partial charge on any atom is -0.457 e. The molecule has 11 nitrogen and oxygen atoms in total. The van der Waals surface area contributed by atoms with Crippen LogP contribution in [0.25, 0.3) is 0 Å². The first kappa shape index (κ1) is 25.7. The van der Waals surface area contributed by atoms with Crippen LogP contribution >= 0.6 is 0 Å². The summed E-state index contributed by atoms with van der Waals surface area (Å²) in [6, 6.07) is 7.65. The number of anilines is 2. The normalized spacial score (nSPS) is 14.2. The van der Waals surface area contributed by atoms with Gasteiger partial charge in [0, 0.05) is 38.8 Å². The number of piperidine rings is 1. The van der Waals surface area contributed by atoms with Crippen LogP contribution in [0.2, 0.25) is 0 Å². The Bertz CT molecular complexity index is 1080. The predicted octanol–water partition coefficient (Wildman–Crippen LogP) is 4.80. The molecule has 188 valence electrons. The lowest BCUT2D eigenvalue weighted by molar-refractivity contribution is -0.384. The summed E-state index contributed by atoms with van der Waals surface area (Å²) in [6.45, 7) is 6.60. The van der Waals surface area contributed by atoms with Crippen molar-refractivity contribution >= 4 is 29.2 Å².